The van der Waals surface area contributed by atoms with E-state index in [2.05, 4.69) is 20.1 Å². The summed E-state index contributed by atoms with van der Waals surface area (Å²) < 4.78 is 2.25. The van der Waals surface area contributed by atoms with E-state index in [1.807, 2.05) is 13.8 Å². The molecule has 1 aromatic rings. The molecule has 0 unspecified atom stereocenters. The van der Waals surface area contributed by atoms with Crippen LogP contribution in [0.4, 0.5) is 0 Å². The zero-order valence-electron chi connectivity index (χ0n) is 12.8. The summed E-state index contributed by atoms with van der Waals surface area (Å²) in [6, 6.07) is 0.924. The van der Waals surface area contributed by atoms with Gasteiger partial charge in [0.25, 0.3) is 0 Å². The molecule has 5 nitrogen and oxygen atoms in total. The Labute approximate surface area is 130 Å². The van der Waals surface area contributed by atoms with Crippen LogP contribution >= 0.6 is 11.8 Å². The number of aromatic nitrogens is 3. The lowest BCUT2D eigenvalue weighted by molar-refractivity contribution is -0.120. The Morgan fingerprint density at radius 2 is 1.95 bits per heavy atom. The molecule has 0 radical (unpaired) electrons. The molecule has 0 bridgehead atoms. The van der Waals surface area contributed by atoms with E-state index in [1.54, 1.807) is 0 Å². The third-order valence-electron chi connectivity index (χ3n) is 4.35. The van der Waals surface area contributed by atoms with Crippen LogP contribution in [0.15, 0.2) is 5.16 Å². The number of amides is 1. The number of thioether (sulfide) groups is 1. The Bertz CT molecular complexity index is 506. The van der Waals surface area contributed by atoms with Gasteiger partial charge in [0.05, 0.1) is 5.25 Å². The lowest BCUT2D eigenvalue weighted by Gasteiger charge is -2.25. The van der Waals surface area contributed by atoms with E-state index in [0.717, 1.165) is 23.8 Å². The molecule has 2 saturated carbocycles. The van der Waals surface area contributed by atoms with E-state index in [-0.39, 0.29) is 11.2 Å². The molecule has 1 atom stereocenters. The molecule has 1 aromatic heterocycles. The van der Waals surface area contributed by atoms with Crippen LogP contribution in [-0.4, -0.2) is 32.0 Å². The van der Waals surface area contributed by atoms with E-state index < -0.39 is 0 Å². The topological polar surface area (TPSA) is 59.8 Å². The summed E-state index contributed by atoms with van der Waals surface area (Å²) in [5.74, 6) is 1.09. The normalized spacial score (nSPS) is 21.2. The van der Waals surface area contributed by atoms with Crippen LogP contribution in [0.2, 0.25) is 0 Å². The molecule has 6 heteroatoms. The van der Waals surface area contributed by atoms with Gasteiger partial charge in [0.2, 0.25) is 5.91 Å². The fraction of sp³-hybridized carbons (Fsp3) is 0.800. The molecule has 2 fully saturated rings. The van der Waals surface area contributed by atoms with Crippen LogP contribution in [0.5, 0.6) is 0 Å². The van der Waals surface area contributed by atoms with Gasteiger partial charge in [0.15, 0.2) is 5.16 Å². The van der Waals surface area contributed by atoms with Gasteiger partial charge in [-0.3, -0.25) is 4.79 Å². The first-order valence-electron chi connectivity index (χ1n) is 8.03. The van der Waals surface area contributed by atoms with Gasteiger partial charge >= 0.3 is 0 Å². The lowest BCUT2D eigenvalue weighted by atomic mass is 9.95. The SMILES string of the molecule is Cc1nnc(S[C@H](C)C(=O)NC2CC2)n1C1CCCCC1. The molecule has 21 heavy (non-hydrogen) atoms. The number of rotatable bonds is 5. The molecular formula is C15H24N4OS. The minimum Gasteiger partial charge on any atom is -0.352 e. The summed E-state index contributed by atoms with van der Waals surface area (Å²) in [5.41, 5.74) is 0. The Hall–Kier alpha value is -1.04. The summed E-state index contributed by atoms with van der Waals surface area (Å²) in [5, 5.41) is 12.4. The molecule has 116 valence electrons. The monoisotopic (exact) mass is 308 g/mol. The van der Waals surface area contributed by atoms with Crippen molar-refractivity contribution in [2.75, 3.05) is 0 Å². The highest BCUT2D eigenvalue weighted by Crippen LogP contribution is 2.33. The number of carbonyl (C=O) groups excluding carboxylic acids is 1. The second-order valence-electron chi connectivity index (χ2n) is 6.23. The van der Waals surface area contributed by atoms with E-state index in [4.69, 9.17) is 0 Å². The number of hydrogen-bond donors (Lipinski definition) is 1. The van der Waals surface area contributed by atoms with Crippen LogP contribution in [0, 0.1) is 6.92 Å². The minimum atomic E-state index is -0.114. The zero-order chi connectivity index (χ0) is 14.8. The number of carbonyl (C=O) groups is 1. The first-order valence-corrected chi connectivity index (χ1v) is 8.91. The van der Waals surface area contributed by atoms with Crippen molar-refractivity contribution in [2.24, 2.45) is 0 Å². The van der Waals surface area contributed by atoms with E-state index in [9.17, 15) is 4.79 Å². The second kappa shape index (κ2) is 6.38. The highest BCUT2D eigenvalue weighted by molar-refractivity contribution is 8.00. The number of nitrogens with one attached hydrogen (secondary N) is 1. The largest absolute Gasteiger partial charge is 0.352 e. The van der Waals surface area contributed by atoms with Crippen LogP contribution in [0.25, 0.3) is 0 Å². The molecule has 1 amide bonds. The fourth-order valence-electron chi connectivity index (χ4n) is 2.95. The van der Waals surface area contributed by atoms with Gasteiger partial charge in [-0.15, -0.1) is 10.2 Å². The Kier molecular flexibility index (Phi) is 4.52. The molecule has 2 aliphatic rings. The third kappa shape index (κ3) is 3.59. The molecule has 0 aromatic carbocycles. The Balaban J connectivity index is 1.68. The maximum Gasteiger partial charge on any atom is 0.233 e. The molecular weight excluding hydrogens is 284 g/mol. The van der Waals surface area contributed by atoms with Crippen molar-refractivity contribution in [2.45, 2.75) is 81.3 Å². The van der Waals surface area contributed by atoms with Crippen molar-refractivity contribution in [1.82, 2.24) is 20.1 Å². The lowest BCUT2D eigenvalue weighted by Crippen LogP contribution is -2.32. The van der Waals surface area contributed by atoms with E-state index in [1.165, 1.54) is 43.9 Å². The third-order valence-corrected chi connectivity index (χ3v) is 5.41. The number of hydrogen-bond acceptors (Lipinski definition) is 4. The Morgan fingerprint density at radius 3 is 2.62 bits per heavy atom. The summed E-state index contributed by atoms with van der Waals surface area (Å²) in [7, 11) is 0. The average molecular weight is 308 g/mol. The molecule has 0 spiro atoms. The zero-order valence-corrected chi connectivity index (χ0v) is 13.7. The highest BCUT2D eigenvalue weighted by atomic mass is 32.2. The summed E-state index contributed by atoms with van der Waals surface area (Å²) >= 11 is 1.54. The quantitative estimate of drug-likeness (QED) is 0.850. The predicted molar refractivity (Wildman–Crippen MR) is 83.4 cm³/mol. The van der Waals surface area contributed by atoms with Crippen molar-refractivity contribution >= 4 is 17.7 Å². The van der Waals surface area contributed by atoms with Crippen molar-refractivity contribution in [3.8, 4) is 0 Å². The molecule has 0 aliphatic heterocycles. The summed E-state index contributed by atoms with van der Waals surface area (Å²) in [4.78, 5) is 12.1. The number of aryl methyl sites for hydroxylation is 1. The molecule has 3 rings (SSSR count). The van der Waals surface area contributed by atoms with Gasteiger partial charge in [-0.1, -0.05) is 31.0 Å². The van der Waals surface area contributed by atoms with Gasteiger partial charge in [-0.05, 0) is 39.5 Å². The minimum absolute atomic E-state index is 0.114. The predicted octanol–water partition coefficient (Wildman–Crippen LogP) is 2.85. The van der Waals surface area contributed by atoms with Crippen LogP contribution in [0.1, 0.15) is 63.7 Å². The highest BCUT2D eigenvalue weighted by Gasteiger charge is 2.28. The second-order valence-corrected chi connectivity index (χ2v) is 7.54. The van der Waals surface area contributed by atoms with Crippen LogP contribution in [-0.2, 0) is 4.79 Å². The number of nitrogens with zero attached hydrogens (tertiary/aromatic N) is 3. The van der Waals surface area contributed by atoms with Gasteiger partial charge in [-0.2, -0.15) is 0 Å². The molecule has 0 saturated heterocycles. The smallest absolute Gasteiger partial charge is 0.233 e. The van der Waals surface area contributed by atoms with E-state index >= 15 is 0 Å². The summed E-state index contributed by atoms with van der Waals surface area (Å²) in [6.45, 7) is 3.97. The van der Waals surface area contributed by atoms with Gasteiger partial charge in [0, 0.05) is 12.1 Å². The van der Waals surface area contributed by atoms with Gasteiger partial charge in [0.1, 0.15) is 5.82 Å². The first-order chi connectivity index (χ1) is 10.1. The van der Waals surface area contributed by atoms with Gasteiger partial charge in [-0.25, -0.2) is 0 Å². The molecule has 1 N–H and O–H groups in total. The standard InChI is InChI=1S/C15H24N4OS/c1-10(14(20)16-12-8-9-12)21-15-18-17-11(2)19(15)13-6-4-3-5-7-13/h10,12-13H,3-9H2,1-2H3,(H,16,20)/t10-/m1/s1. The fourth-order valence-corrected chi connectivity index (χ4v) is 3.92. The van der Waals surface area contributed by atoms with Crippen molar-refractivity contribution in [3.05, 3.63) is 5.82 Å². The van der Waals surface area contributed by atoms with E-state index in [0.29, 0.717) is 12.1 Å². The summed E-state index contributed by atoms with van der Waals surface area (Å²) in [6.07, 6.45) is 8.56. The van der Waals surface area contributed by atoms with Crippen LogP contribution in [0.3, 0.4) is 0 Å². The maximum absolute atomic E-state index is 12.1. The Morgan fingerprint density at radius 1 is 1.24 bits per heavy atom. The maximum atomic E-state index is 12.1. The molecule has 1 heterocycles. The average Bonchev–Trinajstić information content (AvgIpc) is 3.22. The molecule has 2 aliphatic carbocycles. The van der Waals surface area contributed by atoms with Crippen molar-refractivity contribution < 1.29 is 4.79 Å². The van der Waals surface area contributed by atoms with Crippen LogP contribution < -0.4 is 5.32 Å². The van der Waals surface area contributed by atoms with Gasteiger partial charge < -0.3 is 9.88 Å². The van der Waals surface area contributed by atoms with Crippen molar-refractivity contribution in [3.63, 3.8) is 0 Å². The van der Waals surface area contributed by atoms with Crippen molar-refractivity contribution in [1.29, 1.82) is 0 Å². The first kappa shape index (κ1) is 14.9.